The molecule has 7 heteroatoms. The number of carbonyl (C=O) groups excluding carboxylic acids is 1. The molecule has 2 unspecified atom stereocenters. The molecule has 156 valence electrons. The van der Waals surface area contributed by atoms with E-state index in [-0.39, 0.29) is 10.7 Å². The number of ketones is 1. The number of rotatable bonds is 8. The van der Waals surface area contributed by atoms with E-state index in [1.165, 1.54) is 12.1 Å². The number of hydrogen-bond acceptors (Lipinski definition) is 3. The number of carbonyl (C=O) groups is 1. The van der Waals surface area contributed by atoms with Gasteiger partial charge in [0.05, 0.1) is 12.5 Å². The molecule has 0 radical (unpaired) electrons. The van der Waals surface area contributed by atoms with Crippen LogP contribution in [-0.2, 0) is 20.9 Å². The Kier molecular flexibility index (Phi) is 7.36. The van der Waals surface area contributed by atoms with E-state index in [0.29, 0.717) is 16.1 Å². The number of benzene rings is 3. The molecule has 3 rings (SSSR count). The quantitative estimate of drug-likeness (QED) is 0.340. The largest absolute Gasteiger partial charge is 0.534 e. The molecule has 0 saturated carbocycles. The Labute approximate surface area is 185 Å². The summed E-state index contributed by atoms with van der Waals surface area (Å²) in [7, 11) is -4.42. The predicted molar refractivity (Wildman–Crippen MR) is 125 cm³/mol. The third-order valence-corrected chi connectivity index (χ3v) is 7.73. The van der Waals surface area contributed by atoms with Crippen molar-refractivity contribution in [3.63, 3.8) is 0 Å². The monoisotopic (exact) mass is 459 g/mol. The van der Waals surface area contributed by atoms with Crippen LogP contribution in [0.15, 0.2) is 89.8 Å². The van der Waals surface area contributed by atoms with Crippen molar-refractivity contribution in [3.05, 3.63) is 106 Å². The van der Waals surface area contributed by atoms with Gasteiger partial charge in [0, 0.05) is 15.5 Å². The van der Waals surface area contributed by atoms with Gasteiger partial charge in [0.15, 0.2) is 5.25 Å². The fourth-order valence-electron chi connectivity index (χ4n) is 3.14. The topological polar surface area (TPSA) is 65.3 Å². The summed E-state index contributed by atoms with van der Waals surface area (Å²) in [4.78, 5) is 13.5. The van der Waals surface area contributed by atoms with Crippen LogP contribution in [0.2, 0.25) is 5.02 Å². The Bertz CT molecular complexity index is 1090. The highest BCUT2D eigenvalue weighted by Gasteiger charge is 2.36. The van der Waals surface area contributed by atoms with Gasteiger partial charge in [-0.25, -0.2) is 8.42 Å². The van der Waals surface area contributed by atoms with Gasteiger partial charge in [0.1, 0.15) is 10.0 Å². The molecule has 0 saturated heterocycles. The highest BCUT2D eigenvalue weighted by molar-refractivity contribution is 7.97. The fraction of sp³-hybridized carbons (Fsp3) is 0.174. The lowest BCUT2D eigenvalue weighted by Gasteiger charge is -2.35. The van der Waals surface area contributed by atoms with Crippen molar-refractivity contribution in [1.29, 1.82) is 0 Å². The Morgan fingerprint density at radius 1 is 0.867 bits per heavy atom. The van der Waals surface area contributed by atoms with Crippen LogP contribution in [0.4, 0.5) is 0 Å². The zero-order chi connectivity index (χ0) is 21.7. The molecular weight excluding hydrogens is 438 g/mol. The van der Waals surface area contributed by atoms with Crippen LogP contribution in [0.5, 0.6) is 0 Å². The van der Waals surface area contributed by atoms with Crippen molar-refractivity contribution in [2.24, 2.45) is 0 Å². The van der Waals surface area contributed by atoms with Gasteiger partial charge in [0.25, 0.3) is 0 Å². The van der Waals surface area contributed by atoms with Crippen molar-refractivity contribution in [2.45, 2.75) is 16.2 Å². The number of halogens is 1. The third kappa shape index (κ3) is 5.32. The molecular formula is C23H22ClNO3S2. The first-order valence-electron chi connectivity index (χ1n) is 9.23. The van der Waals surface area contributed by atoms with E-state index in [2.05, 4.69) is 4.72 Å². The molecule has 0 aliphatic heterocycles. The zero-order valence-electron chi connectivity index (χ0n) is 16.6. The van der Waals surface area contributed by atoms with E-state index in [0.717, 1.165) is 0 Å². The lowest BCUT2D eigenvalue weighted by molar-refractivity contribution is 0.0984. The normalized spacial score (nSPS) is 13.7. The van der Waals surface area contributed by atoms with E-state index in [1.54, 1.807) is 66.7 Å². The summed E-state index contributed by atoms with van der Waals surface area (Å²) >= 11 is 6.03. The molecule has 3 aromatic rings. The summed E-state index contributed by atoms with van der Waals surface area (Å²) in [5, 5.41) is -0.103. The molecule has 4 nitrogen and oxygen atoms in total. The van der Waals surface area contributed by atoms with Crippen molar-refractivity contribution in [2.75, 3.05) is 12.5 Å². The average molecular weight is 460 g/mol. The molecule has 3 aromatic carbocycles. The second-order valence-corrected chi connectivity index (χ2v) is 11.3. The summed E-state index contributed by atoms with van der Waals surface area (Å²) in [6, 6.07) is 22.9. The third-order valence-electron chi connectivity index (χ3n) is 4.62. The Morgan fingerprint density at radius 3 is 1.93 bits per heavy atom. The summed E-state index contributed by atoms with van der Waals surface area (Å²) in [5.74, 6) is -0.129. The first-order chi connectivity index (χ1) is 14.3. The summed E-state index contributed by atoms with van der Waals surface area (Å²) in [6.45, 7) is 0. The maximum absolute atomic E-state index is 13.4. The van der Waals surface area contributed by atoms with Crippen molar-refractivity contribution < 1.29 is 13.2 Å². The first-order valence-corrected chi connectivity index (χ1v) is 13.1. The van der Waals surface area contributed by atoms with Crippen LogP contribution in [-0.4, -0.2) is 32.0 Å². The molecule has 0 N–H and O–H groups in total. The van der Waals surface area contributed by atoms with Gasteiger partial charge in [-0.2, -0.15) is 0 Å². The predicted octanol–water partition coefficient (Wildman–Crippen LogP) is 5.27. The van der Waals surface area contributed by atoms with Gasteiger partial charge < -0.3 is 4.72 Å². The molecule has 0 heterocycles. The molecule has 0 aliphatic carbocycles. The Morgan fingerprint density at radius 2 is 1.40 bits per heavy atom. The zero-order valence-corrected chi connectivity index (χ0v) is 19.0. The molecule has 30 heavy (non-hydrogen) atoms. The van der Waals surface area contributed by atoms with Gasteiger partial charge in [-0.15, -0.1) is 0 Å². The van der Waals surface area contributed by atoms with Crippen molar-refractivity contribution in [3.8, 4) is 0 Å². The summed E-state index contributed by atoms with van der Waals surface area (Å²) in [5.41, 5.74) is 1.17. The molecule has 0 spiro atoms. The van der Waals surface area contributed by atoms with E-state index in [4.69, 9.17) is 11.6 Å². The maximum Gasteiger partial charge on any atom is 0.213 e. The van der Waals surface area contributed by atoms with Gasteiger partial charge in [-0.1, -0.05) is 77.8 Å². The van der Waals surface area contributed by atoms with E-state index >= 15 is 0 Å². The van der Waals surface area contributed by atoms with Gasteiger partial charge in [-0.05, 0) is 41.2 Å². The van der Waals surface area contributed by atoms with Crippen molar-refractivity contribution in [1.82, 2.24) is 0 Å². The average Bonchev–Trinajstić information content (AvgIpc) is 2.74. The Hall–Kier alpha value is -2.12. The molecule has 0 aliphatic rings. The minimum atomic E-state index is -3.97. The van der Waals surface area contributed by atoms with Crippen LogP contribution in [0.3, 0.4) is 0 Å². The van der Waals surface area contributed by atoms with Gasteiger partial charge >= 0.3 is 0 Å². The van der Waals surface area contributed by atoms with E-state index in [1.807, 2.05) is 18.6 Å². The van der Waals surface area contributed by atoms with Crippen molar-refractivity contribution >= 4 is 38.3 Å². The minimum absolute atomic E-state index is 0.0990. The van der Waals surface area contributed by atoms with Gasteiger partial charge in [0.2, 0.25) is 5.78 Å². The second-order valence-electron chi connectivity index (χ2n) is 6.92. The van der Waals surface area contributed by atoms with Crippen LogP contribution in [0, 0.1) is 0 Å². The molecule has 2 atom stereocenters. The SMILES string of the molecule is C[S+](C)C(C(=O)c1ccccc1)C([N-]S(=O)(=O)c1ccccc1)c1ccc(Cl)cc1. The lowest BCUT2D eigenvalue weighted by atomic mass is 9.98. The number of Topliss-reactive ketones (excluding diaryl/α,β-unsaturated/α-hetero) is 1. The molecule has 0 amide bonds. The van der Waals surface area contributed by atoms with Crippen LogP contribution in [0.25, 0.3) is 4.72 Å². The standard InChI is InChI=1S/C23H22ClNO3S2/c1-29(2)23(22(26)18-9-5-3-6-10-18)21(17-13-15-19(24)16-14-17)25-30(27,28)20-11-7-4-8-12-20/h3-16,21,23H,1-2H3. The van der Waals surface area contributed by atoms with Crippen LogP contribution < -0.4 is 0 Å². The summed E-state index contributed by atoms with van der Waals surface area (Å²) in [6.07, 6.45) is 3.86. The molecule has 0 bridgehead atoms. The molecule has 0 aromatic heterocycles. The van der Waals surface area contributed by atoms with Gasteiger partial charge in [-0.3, -0.25) is 4.79 Å². The number of sulfonamides is 1. The molecule has 0 fully saturated rings. The highest BCUT2D eigenvalue weighted by Crippen LogP contribution is 2.37. The van der Waals surface area contributed by atoms with Crippen LogP contribution >= 0.6 is 11.6 Å². The Balaban J connectivity index is 2.07. The lowest BCUT2D eigenvalue weighted by Crippen LogP contribution is -2.36. The fourth-order valence-corrected chi connectivity index (χ4v) is 5.80. The first kappa shape index (κ1) is 22.6. The second kappa shape index (κ2) is 9.79. The number of hydrogen-bond donors (Lipinski definition) is 0. The van der Waals surface area contributed by atoms with E-state index in [9.17, 15) is 13.2 Å². The van der Waals surface area contributed by atoms with Crippen LogP contribution in [0.1, 0.15) is 22.0 Å². The highest BCUT2D eigenvalue weighted by atomic mass is 35.5. The summed E-state index contributed by atoms with van der Waals surface area (Å²) < 4.78 is 30.4. The maximum atomic E-state index is 13.4. The minimum Gasteiger partial charge on any atom is -0.534 e. The van der Waals surface area contributed by atoms with E-state index < -0.39 is 32.2 Å². The smallest absolute Gasteiger partial charge is 0.213 e. The number of nitrogens with zero attached hydrogens (tertiary/aromatic N) is 1.